The number of hydrogen-bond acceptors (Lipinski definition) is 9. The average Bonchev–Trinajstić information content (AvgIpc) is 3.37. The van der Waals surface area contributed by atoms with Crippen molar-refractivity contribution in [3.63, 3.8) is 0 Å². The highest BCUT2D eigenvalue weighted by Crippen LogP contribution is 2.47. The first kappa shape index (κ1) is 38.7. The van der Waals surface area contributed by atoms with Crippen LogP contribution in [0.4, 0.5) is 5.69 Å². The Hall–Kier alpha value is -5.59. The third-order valence-corrected chi connectivity index (χ3v) is 12.3. The van der Waals surface area contributed by atoms with Crippen LogP contribution in [0.2, 0.25) is 0 Å². The summed E-state index contributed by atoms with van der Waals surface area (Å²) in [5.74, 6) is 3.58. The number of hydrogen-bond donors (Lipinski definition) is 2. The van der Waals surface area contributed by atoms with Crippen molar-refractivity contribution in [1.29, 1.82) is 0 Å². The van der Waals surface area contributed by atoms with Gasteiger partial charge in [-0.25, -0.2) is 0 Å². The van der Waals surface area contributed by atoms with Gasteiger partial charge in [0.2, 0.25) is 0 Å². The molecular formula is C45H45NO8P2. The molecule has 6 aromatic carbocycles. The van der Waals surface area contributed by atoms with E-state index in [1.54, 1.807) is 28.4 Å². The lowest BCUT2D eigenvalue weighted by molar-refractivity contribution is 0.413. The molecule has 0 spiro atoms. The zero-order valence-corrected chi connectivity index (χ0v) is 34.7. The van der Waals surface area contributed by atoms with E-state index in [0.717, 1.165) is 89.3 Å². The third kappa shape index (κ3) is 7.50. The molecule has 0 fully saturated rings. The highest BCUT2D eigenvalue weighted by atomic mass is 31.2. The molecule has 56 heavy (non-hydrogen) atoms. The molecule has 2 heterocycles. The van der Waals surface area contributed by atoms with E-state index in [0.29, 0.717) is 16.9 Å². The lowest BCUT2D eigenvalue weighted by Gasteiger charge is -2.25. The number of fused-ring (bicyclic) bond motifs is 6. The third-order valence-electron chi connectivity index (χ3n) is 9.98. The zero-order chi connectivity index (χ0) is 39.7. The van der Waals surface area contributed by atoms with E-state index >= 15 is 0 Å². The van der Waals surface area contributed by atoms with Gasteiger partial charge in [-0.3, -0.25) is 0 Å². The fourth-order valence-corrected chi connectivity index (χ4v) is 9.40. The van der Waals surface area contributed by atoms with Crippen molar-refractivity contribution >= 4 is 49.5 Å². The van der Waals surface area contributed by atoms with Crippen LogP contribution in [-0.2, 0) is 0 Å². The number of aryl methyl sites for hydroxylation is 4. The molecule has 0 radical (unpaired) electrons. The average molecular weight is 790 g/mol. The molecule has 0 bridgehead atoms. The fourth-order valence-electron chi connectivity index (χ4n) is 6.92. The minimum absolute atomic E-state index is 0.648. The van der Waals surface area contributed by atoms with Crippen molar-refractivity contribution in [1.82, 2.24) is 0 Å². The van der Waals surface area contributed by atoms with Gasteiger partial charge in [0, 0.05) is 32.9 Å². The number of ether oxygens (including phenoxy) is 4. The van der Waals surface area contributed by atoms with Crippen LogP contribution in [0, 0.1) is 34.6 Å². The summed E-state index contributed by atoms with van der Waals surface area (Å²) in [5.41, 5.74) is 11.4. The zero-order valence-electron chi connectivity index (χ0n) is 32.9. The largest absolute Gasteiger partial charge is 0.497 e. The molecular weight excluding hydrogens is 744 g/mol. The molecule has 0 saturated heterocycles. The van der Waals surface area contributed by atoms with Crippen molar-refractivity contribution in [3.05, 3.63) is 125 Å². The molecule has 288 valence electrons. The summed E-state index contributed by atoms with van der Waals surface area (Å²) < 4.78 is 42.3. The molecule has 1 atom stereocenters. The normalized spacial score (nSPS) is 12.8. The van der Waals surface area contributed by atoms with Gasteiger partial charge in [-0.15, -0.1) is 0 Å². The van der Waals surface area contributed by atoms with Crippen molar-refractivity contribution in [2.75, 3.05) is 33.5 Å². The molecule has 0 aliphatic carbocycles. The molecule has 2 N–H and O–H groups in total. The molecule has 0 saturated carbocycles. The van der Waals surface area contributed by atoms with Crippen molar-refractivity contribution < 1.29 is 36.8 Å². The summed E-state index contributed by atoms with van der Waals surface area (Å²) >= 11 is 0. The predicted octanol–water partition coefficient (Wildman–Crippen LogP) is 12.1. The molecule has 0 amide bonds. The van der Waals surface area contributed by atoms with Crippen LogP contribution < -0.4 is 33.9 Å². The first-order valence-corrected chi connectivity index (χ1v) is 20.4. The number of methoxy groups -OCH3 is 4. The Morgan fingerprint density at radius 3 is 1.59 bits per heavy atom. The van der Waals surface area contributed by atoms with Gasteiger partial charge in [-0.05, 0) is 134 Å². The lowest BCUT2D eigenvalue weighted by Crippen LogP contribution is -2.15. The first-order valence-electron chi connectivity index (χ1n) is 18.0. The van der Waals surface area contributed by atoms with Crippen molar-refractivity contribution in [2.45, 2.75) is 34.6 Å². The van der Waals surface area contributed by atoms with E-state index in [2.05, 4.69) is 31.1 Å². The van der Waals surface area contributed by atoms with Crippen LogP contribution in [0.5, 0.6) is 28.7 Å². The lowest BCUT2D eigenvalue weighted by atomic mass is 9.94. The maximum absolute atomic E-state index is 9.96. The Morgan fingerprint density at radius 2 is 1.00 bits per heavy atom. The maximum atomic E-state index is 9.96. The van der Waals surface area contributed by atoms with Gasteiger partial charge in [0.15, 0.2) is 8.30 Å². The molecule has 1 aliphatic heterocycles. The molecule has 8 rings (SSSR count). The van der Waals surface area contributed by atoms with Gasteiger partial charge in [0.05, 0.1) is 28.4 Å². The quantitative estimate of drug-likeness (QED) is 0.153. The van der Waals surface area contributed by atoms with Gasteiger partial charge in [0.25, 0.3) is 0 Å². The van der Waals surface area contributed by atoms with E-state index in [4.69, 9.17) is 31.9 Å². The Bertz CT molecular complexity index is 2560. The molecule has 1 unspecified atom stereocenters. The number of para-hydroxylation sites is 1. The number of rotatable bonds is 7. The standard InChI is InChI=1S/C33H35O7P.C12H10NOP/c1-18-10-23(34-6)14-27(22(18)5)28-15-24(35-7)11-19(2)31(28)38-41-39-32-20(3)12-25(36-8)16-29(32)30-17-26(37-9)13-21(4)33(30)40-41;14-15-12-8-4-2-6-10(12)9-5-1-3-7-11(9)13-15/h10-17H,1-9H3;1-8,13-14H. The van der Waals surface area contributed by atoms with Crippen molar-refractivity contribution in [3.8, 4) is 51.0 Å². The summed E-state index contributed by atoms with van der Waals surface area (Å²) in [7, 11) is 3.46. The van der Waals surface area contributed by atoms with E-state index in [9.17, 15) is 4.89 Å². The summed E-state index contributed by atoms with van der Waals surface area (Å²) in [6.07, 6.45) is 0. The van der Waals surface area contributed by atoms with Crippen LogP contribution in [0.25, 0.3) is 44.2 Å². The number of anilines is 1. The van der Waals surface area contributed by atoms with Gasteiger partial charge in [-0.1, -0.05) is 36.4 Å². The SMILES string of the molecule is COc1cc(C)c(C)c(-c2cc(OC)cc(C)c2Op2oc3c(C)cc(OC)cc3c3cc(OC)cc(C)c3o2)c1.OP1Nc2ccccc2-c2ccccc21. The summed E-state index contributed by atoms with van der Waals surface area (Å²) in [6, 6.07) is 31.8. The van der Waals surface area contributed by atoms with Crippen LogP contribution in [0.1, 0.15) is 27.8 Å². The second-order valence-electron chi connectivity index (χ2n) is 13.6. The Morgan fingerprint density at radius 1 is 0.518 bits per heavy atom. The Labute approximate surface area is 329 Å². The smallest absolute Gasteiger partial charge is 0.453 e. The Balaban J connectivity index is 0.000000265. The minimum atomic E-state index is -1.93. The van der Waals surface area contributed by atoms with Gasteiger partial charge < -0.3 is 41.8 Å². The van der Waals surface area contributed by atoms with Crippen LogP contribution >= 0.6 is 16.5 Å². The van der Waals surface area contributed by atoms with Gasteiger partial charge in [0.1, 0.15) is 39.9 Å². The molecule has 7 aromatic rings. The summed E-state index contributed by atoms with van der Waals surface area (Å²) in [5, 5.41) is 5.83. The number of benzene rings is 6. The molecule has 1 aliphatic rings. The molecule has 1 aromatic heterocycles. The van der Waals surface area contributed by atoms with Crippen LogP contribution in [-0.4, -0.2) is 33.3 Å². The maximum Gasteiger partial charge on any atom is 0.453 e. The number of nitrogens with one attached hydrogen (secondary N) is 1. The second kappa shape index (κ2) is 16.3. The highest BCUT2D eigenvalue weighted by Gasteiger charge is 2.23. The van der Waals surface area contributed by atoms with Gasteiger partial charge in [-0.2, -0.15) is 0 Å². The minimum Gasteiger partial charge on any atom is -0.497 e. The highest BCUT2D eigenvalue weighted by molar-refractivity contribution is 7.62. The predicted molar refractivity (Wildman–Crippen MR) is 228 cm³/mol. The Kier molecular flexibility index (Phi) is 11.2. The summed E-state index contributed by atoms with van der Waals surface area (Å²) in [6.45, 7) is 10.1. The van der Waals surface area contributed by atoms with Crippen molar-refractivity contribution in [2.24, 2.45) is 0 Å². The van der Waals surface area contributed by atoms with Crippen LogP contribution in [0.3, 0.4) is 0 Å². The molecule has 9 nitrogen and oxygen atoms in total. The van der Waals surface area contributed by atoms with Crippen LogP contribution in [0.15, 0.2) is 105 Å². The second-order valence-corrected chi connectivity index (χ2v) is 15.9. The van der Waals surface area contributed by atoms with E-state index in [1.165, 1.54) is 5.56 Å². The molecule has 11 heteroatoms. The fraction of sp³-hybridized carbons (Fsp3) is 0.200. The topological polar surface area (TPSA) is 105 Å². The van der Waals surface area contributed by atoms with E-state index in [1.807, 2.05) is 106 Å². The summed E-state index contributed by atoms with van der Waals surface area (Å²) in [4.78, 5) is 9.96. The van der Waals surface area contributed by atoms with Gasteiger partial charge >= 0.3 is 8.24 Å². The monoisotopic (exact) mass is 789 g/mol. The first-order chi connectivity index (χ1) is 27.0. The van der Waals surface area contributed by atoms with E-state index < -0.39 is 16.5 Å². The van der Waals surface area contributed by atoms with E-state index in [-0.39, 0.29) is 0 Å².